The van der Waals surface area contributed by atoms with Gasteiger partial charge in [-0.15, -0.1) is 0 Å². The monoisotopic (exact) mass is 271 g/mol. The highest BCUT2D eigenvalue weighted by Gasteiger charge is 2.11. The van der Waals surface area contributed by atoms with Gasteiger partial charge in [-0.1, -0.05) is 25.1 Å². The summed E-state index contributed by atoms with van der Waals surface area (Å²) in [5.74, 6) is 0. The van der Waals surface area contributed by atoms with E-state index >= 15 is 0 Å². The van der Waals surface area contributed by atoms with Gasteiger partial charge in [0, 0.05) is 5.69 Å². The van der Waals surface area contributed by atoms with Crippen LogP contribution in [0.15, 0.2) is 30.3 Å². The molecule has 1 aromatic carbocycles. The minimum absolute atomic E-state index is 1.09. The minimum atomic E-state index is 1.09. The highest BCUT2D eigenvalue weighted by molar-refractivity contribution is 5.36. The molecule has 0 saturated carbocycles. The van der Waals surface area contributed by atoms with E-state index in [0.29, 0.717) is 0 Å². The second-order valence-corrected chi connectivity index (χ2v) is 5.25. The average Bonchev–Trinajstić information content (AvgIpc) is 2.75. The molecule has 0 unspecified atom stereocenters. The van der Waals surface area contributed by atoms with Crippen molar-refractivity contribution in [1.29, 1.82) is 0 Å². The molecule has 0 bridgehead atoms. The molecule has 1 heterocycles. The van der Waals surface area contributed by atoms with E-state index in [1.54, 1.807) is 0 Å². The van der Waals surface area contributed by atoms with Gasteiger partial charge in [0.1, 0.15) is 0 Å². The Balaban J connectivity index is 2.06. The van der Waals surface area contributed by atoms with Crippen molar-refractivity contribution in [3.8, 4) is 5.69 Å². The molecule has 2 aromatic rings. The Hall–Kier alpha value is -1.61. The third kappa shape index (κ3) is 3.48. The molecule has 1 aromatic heterocycles. The van der Waals surface area contributed by atoms with Crippen molar-refractivity contribution in [2.75, 3.05) is 13.1 Å². The molecule has 2 rings (SSSR count). The number of aromatic nitrogens is 2. The van der Waals surface area contributed by atoms with Crippen LogP contribution in [0.1, 0.15) is 36.7 Å². The zero-order chi connectivity index (χ0) is 14.4. The van der Waals surface area contributed by atoms with Gasteiger partial charge in [-0.3, -0.25) is 0 Å². The van der Waals surface area contributed by atoms with Gasteiger partial charge >= 0.3 is 0 Å². The van der Waals surface area contributed by atoms with E-state index in [4.69, 9.17) is 5.10 Å². The summed E-state index contributed by atoms with van der Waals surface area (Å²) in [4.78, 5) is 0. The van der Waals surface area contributed by atoms with Crippen molar-refractivity contribution in [3.63, 3.8) is 0 Å². The summed E-state index contributed by atoms with van der Waals surface area (Å²) in [6.07, 6.45) is 3.47. The van der Waals surface area contributed by atoms with Crippen molar-refractivity contribution in [1.82, 2.24) is 15.1 Å². The van der Waals surface area contributed by atoms with Gasteiger partial charge in [0.15, 0.2) is 0 Å². The number of nitrogens with zero attached hydrogens (tertiary/aromatic N) is 2. The van der Waals surface area contributed by atoms with E-state index in [1.807, 2.05) is 6.07 Å². The first-order chi connectivity index (χ1) is 9.74. The maximum Gasteiger partial charge on any atom is 0.0648 e. The molecule has 20 heavy (non-hydrogen) atoms. The summed E-state index contributed by atoms with van der Waals surface area (Å²) in [6.45, 7) is 8.68. The largest absolute Gasteiger partial charge is 0.317 e. The maximum absolute atomic E-state index is 4.69. The molecule has 0 atom stereocenters. The predicted molar refractivity (Wildman–Crippen MR) is 84.5 cm³/mol. The van der Waals surface area contributed by atoms with E-state index < -0.39 is 0 Å². The smallest absolute Gasteiger partial charge is 0.0648 e. The maximum atomic E-state index is 4.69. The zero-order valence-corrected chi connectivity index (χ0v) is 12.8. The van der Waals surface area contributed by atoms with Crippen LogP contribution in [0.5, 0.6) is 0 Å². The van der Waals surface area contributed by atoms with Crippen LogP contribution < -0.4 is 5.32 Å². The molecule has 0 spiro atoms. The number of rotatable bonds is 7. The van der Waals surface area contributed by atoms with Crippen molar-refractivity contribution in [2.45, 2.75) is 40.0 Å². The molecule has 3 nitrogen and oxygen atoms in total. The molecule has 0 aliphatic heterocycles. The average molecular weight is 271 g/mol. The van der Waals surface area contributed by atoms with E-state index in [1.165, 1.54) is 24.1 Å². The lowest BCUT2D eigenvalue weighted by Gasteiger charge is -2.06. The predicted octanol–water partition coefficient (Wildman–Crippen LogP) is 3.42. The van der Waals surface area contributed by atoms with Crippen molar-refractivity contribution in [2.24, 2.45) is 0 Å². The van der Waals surface area contributed by atoms with Crippen molar-refractivity contribution in [3.05, 3.63) is 47.3 Å². The number of hydrogen-bond donors (Lipinski definition) is 1. The third-order valence-electron chi connectivity index (χ3n) is 3.65. The Morgan fingerprint density at radius 2 is 1.85 bits per heavy atom. The normalized spacial score (nSPS) is 10.9. The van der Waals surface area contributed by atoms with E-state index in [0.717, 1.165) is 30.9 Å². The molecular weight excluding hydrogens is 246 g/mol. The van der Waals surface area contributed by atoms with Crippen LogP contribution in [0.25, 0.3) is 5.69 Å². The number of hydrogen-bond acceptors (Lipinski definition) is 2. The van der Waals surface area contributed by atoms with Gasteiger partial charge in [0.25, 0.3) is 0 Å². The van der Waals surface area contributed by atoms with E-state index in [9.17, 15) is 0 Å². The van der Waals surface area contributed by atoms with Gasteiger partial charge < -0.3 is 5.32 Å². The molecule has 1 N–H and O–H groups in total. The number of benzene rings is 1. The highest BCUT2D eigenvalue weighted by Crippen LogP contribution is 2.18. The fraction of sp³-hybridized carbons (Fsp3) is 0.471. The molecule has 0 amide bonds. The van der Waals surface area contributed by atoms with Crippen LogP contribution in [0.4, 0.5) is 0 Å². The lowest BCUT2D eigenvalue weighted by molar-refractivity contribution is 0.638. The van der Waals surface area contributed by atoms with Gasteiger partial charge in [0.2, 0.25) is 0 Å². The quantitative estimate of drug-likeness (QED) is 0.782. The Labute approximate surface area is 122 Å². The van der Waals surface area contributed by atoms with Gasteiger partial charge in [0.05, 0.1) is 11.4 Å². The van der Waals surface area contributed by atoms with Crippen LogP contribution in [-0.2, 0) is 6.42 Å². The fourth-order valence-corrected chi connectivity index (χ4v) is 2.55. The first-order valence-electron chi connectivity index (χ1n) is 7.55. The summed E-state index contributed by atoms with van der Waals surface area (Å²) in [5, 5.41) is 8.15. The van der Waals surface area contributed by atoms with E-state index in [-0.39, 0.29) is 0 Å². The molecule has 0 saturated heterocycles. The fourth-order valence-electron chi connectivity index (χ4n) is 2.55. The number of para-hydroxylation sites is 1. The summed E-state index contributed by atoms with van der Waals surface area (Å²) >= 11 is 0. The Morgan fingerprint density at radius 3 is 2.55 bits per heavy atom. The molecule has 3 heteroatoms. The Morgan fingerprint density at radius 1 is 1.10 bits per heavy atom. The first-order valence-corrected chi connectivity index (χ1v) is 7.55. The van der Waals surface area contributed by atoms with Gasteiger partial charge in [-0.2, -0.15) is 5.10 Å². The van der Waals surface area contributed by atoms with Crippen molar-refractivity contribution < 1.29 is 0 Å². The first kappa shape index (κ1) is 14.8. The van der Waals surface area contributed by atoms with Crippen LogP contribution in [0, 0.1) is 13.8 Å². The summed E-state index contributed by atoms with van der Waals surface area (Å²) in [7, 11) is 0. The lowest BCUT2D eigenvalue weighted by Crippen LogP contribution is -2.16. The second kappa shape index (κ2) is 7.25. The Kier molecular flexibility index (Phi) is 5.36. The second-order valence-electron chi connectivity index (χ2n) is 5.25. The van der Waals surface area contributed by atoms with Crippen LogP contribution in [-0.4, -0.2) is 22.9 Å². The third-order valence-corrected chi connectivity index (χ3v) is 3.65. The SMILES string of the molecule is CCCNCCCc1c(C)nn(-c2ccccc2)c1C. The highest BCUT2D eigenvalue weighted by atomic mass is 15.3. The number of aryl methyl sites for hydroxylation is 1. The molecule has 0 radical (unpaired) electrons. The van der Waals surface area contributed by atoms with Crippen molar-refractivity contribution >= 4 is 0 Å². The number of nitrogens with one attached hydrogen (secondary N) is 1. The summed E-state index contributed by atoms with van der Waals surface area (Å²) < 4.78 is 2.06. The summed E-state index contributed by atoms with van der Waals surface area (Å²) in [5.41, 5.74) is 4.96. The van der Waals surface area contributed by atoms with Crippen LogP contribution >= 0.6 is 0 Å². The molecule has 0 aliphatic rings. The van der Waals surface area contributed by atoms with Gasteiger partial charge in [-0.25, -0.2) is 4.68 Å². The molecule has 108 valence electrons. The molecule has 0 aliphatic carbocycles. The van der Waals surface area contributed by atoms with Crippen LogP contribution in [0.3, 0.4) is 0 Å². The van der Waals surface area contributed by atoms with E-state index in [2.05, 4.69) is 55.0 Å². The molecular formula is C17H25N3. The van der Waals surface area contributed by atoms with Gasteiger partial charge in [-0.05, 0) is 63.9 Å². The summed E-state index contributed by atoms with van der Waals surface area (Å²) in [6, 6.07) is 10.4. The minimum Gasteiger partial charge on any atom is -0.317 e. The van der Waals surface area contributed by atoms with Crippen LogP contribution in [0.2, 0.25) is 0 Å². The lowest BCUT2D eigenvalue weighted by atomic mass is 10.1. The molecule has 0 fully saturated rings. The standard InChI is InChI=1S/C17H25N3/c1-4-12-18-13-8-11-17-14(2)19-20(15(17)3)16-9-6-5-7-10-16/h5-7,9-10,18H,4,8,11-13H2,1-3H3. The zero-order valence-electron chi connectivity index (χ0n) is 12.8. The Bertz CT molecular complexity index is 529. The topological polar surface area (TPSA) is 29.9 Å².